The van der Waals surface area contributed by atoms with Crippen molar-refractivity contribution in [2.75, 3.05) is 13.7 Å². The molecule has 0 aliphatic carbocycles. The van der Waals surface area contributed by atoms with Crippen LogP contribution in [-0.4, -0.2) is 41.4 Å². The summed E-state index contributed by atoms with van der Waals surface area (Å²) in [5.74, 6) is -0.119. The number of carbonyl (C=O) groups excluding carboxylic acids is 1. The minimum atomic E-state index is -1.04. The Morgan fingerprint density at radius 1 is 1.17 bits per heavy atom. The lowest BCUT2D eigenvalue weighted by Crippen LogP contribution is -2.25. The number of aliphatic carboxylic acids is 1. The van der Waals surface area contributed by atoms with Gasteiger partial charge in [0, 0.05) is 35.4 Å². The number of nitrogens with zero attached hydrogens (tertiary/aromatic N) is 1. The number of hydrogen-bond donors (Lipinski definition) is 3. The molecule has 0 unspecified atom stereocenters. The molecule has 0 atom stereocenters. The summed E-state index contributed by atoms with van der Waals surface area (Å²) in [7, 11) is 1.55. The van der Waals surface area contributed by atoms with Gasteiger partial charge in [0.25, 0.3) is 0 Å². The van der Waals surface area contributed by atoms with Crippen LogP contribution in [0.5, 0.6) is 11.5 Å². The fraction of sp³-hybridized carbons (Fsp3) is 0.190. The Bertz CT molecular complexity index is 1130. The summed E-state index contributed by atoms with van der Waals surface area (Å²) in [5.41, 5.74) is 6.99. The lowest BCUT2D eigenvalue weighted by Gasteiger charge is -2.11. The van der Waals surface area contributed by atoms with Gasteiger partial charge in [0.05, 0.1) is 18.5 Å². The molecular formula is C21H19N3O5. The standard InChI is InChI=1S/C21H19N3O5/c1-28-19-10-14(29-11-21(26)27)3-4-15(19)18-9-13-8-12(2-5-16(13)22-18)17-6-7-20(25)24-23-17/h2-5,8-10,22H,6-7,11H2,1H3,(H,24,25)(H,26,27). The highest BCUT2D eigenvalue weighted by molar-refractivity contribution is 6.06. The smallest absolute Gasteiger partial charge is 0.341 e. The van der Waals surface area contributed by atoms with Crippen LogP contribution < -0.4 is 14.9 Å². The third-order valence-corrected chi connectivity index (χ3v) is 4.68. The third-order valence-electron chi connectivity index (χ3n) is 4.68. The molecule has 3 aromatic rings. The topological polar surface area (TPSA) is 113 Å². The summed E-state index contributed by atoms with van der Waals surface area (Å²) in [6.45, 7) is -0.415. The van der Waals surface area contributed by atoms with Crippen LogP contribution in [0.25, 0.3) is 22.2 Å². The number of ether oxygens (including phenoxy) is 2. The van der Waals surface area contributed by atoms with Crippen LogP contribution in [0, 0.1) is 0 Å². The van der Waals surface area contributed by atoms with Crippen molar-refractivity contribution in [2.24, 2.45) is 5.10 Å². The first kappa shape index (κ1) is 18.5. The van der Waals surface area contributed by atoms with Gasteiger partial charge in [-0.3, -0.25) is 4.79 Å². The highest BCUT2D eigenvalue weighted by Crippen LogP contribution is 2.34. The SMILES string of the molecule is COc1cc(OCC(=O)O)ccc1-c1cc2cc(C3=NNC(=O)CC3)ccc2[nH]1. The number of hydrazone groups is 1. The highest BCUT2D eigenvalue weighted by atomic mass is 16.5. The lowest BCUT2D eigenvalue weighted by molar-refractivity contribution is -0.139. The number of aromatic amines is 1. The van der Waals surface area contributed by atoms with E-state index in [-0.39, 0.29) is 5.91 Å². The van der Waals surface area contributed by atoms with Crippen molar-refractivity contribution in [3.05, 3.63) is 48.0 Å². The normalized spacial score (nSPS) is 13.7. The Hall–Kier alpha value is -3.81. The van der Waals surface area contributed by atoms with Crippen LogP contribution in [0.4, 0.5) is 0 Å². The van der Waals surface area contributed by atoms with Crippen LogP contribution in [0.3, 0.4) is 0 Å². The zero-order valence-corrected chi connectivity index (χ0v) is 15.7. The summed E-state index contributed by atoms with van der Waals surface area (Å²) < 4.78 is 10.7. The molecule has 0 fully saturated rings. The second-order valence-electron chi connectivity index (χ2n) is 6.62. The Morgan fingerprint density at radius 3 is 2.76 bits per heavy atom. The number of aromatic nitrogens is 1. The van der Waals surface area contributed by atoms with Crippen molar-refractivity contribution in [1.29, 1.82) is 0 Å². The molecule has 2 aromatic carbocycles. The number of rotatable bonds is 6. The van der Waals surface area contributed by atoms with E-state index in [0.29, 0.717) is 24.3 Å². The van der Waals surface area contributed by atoms with Gasteiger partial charge in [-0.1, -0.05) is 6.07 Å². The summed E-state index contributed by atoms with van der Waals surface area (Å²) in [4.78, 5) is 25.3. The molecule has 8 heteroatoms. The summed E-state index contributed by atoms with van der Waals surface area (Å²) in [6.07, 6.45) is 1.04. The molecule has 1 amide bonds. The van der Waals surface area contributed by atoms with Crippen molar-refractivity contribution in [1.82, 2.24) is 10.4 Å². The predicted molar refractivity (Wildman–Crippen MR) is 107 cm³/mol. The van der Waals surface area contributed by atoms with Crippen LogP contribution in [0.15, 0.2) is 47.6 Å². The number of nitrogens with one attached hydrogen (secondary N) is 2. The fourth-order valence-electron chi connectivity index (χ4n) is 3.27. The maximum atomic E-state index is 11.3. The van der Waals surface area contributed by atoms with Gasteiger partial charge >= 0.3 is 5.97 Å². The molecule has 4 rings (SSSR count). The average Bonchev–Trinajstić information content (AvgIpc) is 3.15. The fourth-order valence-corrected chi connectivity index (χ4v) is 3.27. The molecule has 0 bridgehead atoms. The van der Waals surface area contributed by atoms with E-state index in [4.69, 9.17) is 14.6 Å². The van der Waals surface area contributed by atoms with E-state index in [1.165, 1.54) is 0 Å². The minimum absolute atomic E-state index is 0.0679. The average molecular weight is 393 g/mol. The number of amides is 1. The van der Waals surface area contributed by atoms with Gasteiger partial charge in [0.1, 0.15) is 11.5 Å². The number of methoxy groups -OCH3 is 1. The highest BCUT2D eigenvalue weighted by Gasteiger charge is 2.15. The van der Waals surface area contributed by atoms with Crippen molar-refractivity contribution in [3.8, 4) is 22.8 Å². The third kappa shape index (κ3) is 3.91. The van der Waals surface area contributed by atoms with Gasteiger partial charge < -0.3 is 19.6 Å². The van der Waals surface area contributed by atoms with Crippen LogP contribution in [-0.2, 0) is 9.59 Å². The number of benzene rings is 2. The van der Waals surface area contributed by atoms with Crippen LogP contribution in [0.1, 0.15) is 18.4 Å². The molecule has 3 N–H and O–H groups in total. The Balaban J connectivity index is 1.65. The molecule has 0 spiro atoms. The van der Waals surface area contributed by atoms with E-state index in [2.05, 4.69) is 15.5 Å². The van der Waals surface area contributed by atoms with Gasteiger partial charge in [0.2, 0.25) is 5.91 Å². The number of H-pyrrole nitrogens is 1. The van der Waals surface area contributed by atoms with Gasteiger partial charge in [-0.2, -0.15) is 5.10 Å². The largest absolute Gasteiger partial charge is 0.496 e. The Kier molecular flexibility index (Phi) is 4.90. The number of fused-ring (bicyclic) bond motifs is 1. The molecule has 1 aliphatic rings. The zero-order valence-electron chi connectivity index (χ0n) is 15.7. The second kappa shape index (κ2) is 7.67. The molecular weight excluding hydrogens is 374 g/mol. The first-order chi connectivity index (χ1) is 14.0. The molecule has 0 saturated carbocycles. The predicted octanol–water partition coefficient (Wildman–Crippen LogP) is 2.92. The van der Waals surface area contributed by atoms with E-state index in [1.54, 1.807) is 19.2 Å². The van der Waals surface area contributed by atoms with Gasteiger partial charge in [-0.05, 0) is 35.9 Å². The molecule has 1 aliphatic heterocycles. The lowest BCUT2D eigenvalue weighted by atomic mass is 10.0. The maximum absolute atomic E-state index is 11.3. The molecule has 29 heavy (non-hydrogen) atoms. The van der Waals surface area contributed by atoms with E-state index in [9.17, 15) is 9.59 Å². The summed E-state index contributed by atoms with van der Waals surface area (Å²) in [6, 6.07) is 13.2. The zero-order chi connectivity index (χ0) is 20.4. The summed E-state index contributed by atoms with van der Waals surface area (Å²) in [5, 5.41) is 13.9. The maximum Gasteiger partial charge on any atom is 0.341 e. The molecule has 8 nitrogen and oxygen atoms in total. The van der Waals surface area contributed by atoms with Crippen molar-refractivity contribution < 1.29 is 24.2 Å². The number of carboxylic acids is 1. The quantitative estimate of drug-likeness (QED) is 0.596. The van der Waals surface area contributed by atoms with Gasteiger partial charge in [0.15, 0.2) is 6.61 Å². The van der Waals surface area contributed by atoms with E-state index >= 15 is 0 Å². The molecule has 2 heterocycles. The number of hydrogen-bond acceptors (Lipinski definition) is 5. The molecule has 148 valence electrons. The van der Waals surface area contributed by atoms with Gasteiger partial charge in [-0.15, -0.1) is 0 Å². The van der Waals surface area contributed by atoms with E-state index in [1.807, 2.05) is 30.3 Å². The van der Waals surface area contributed by atoms with Crippen molar-refractivity contribution >= 4 is 28.5 Å². The van der Waals surface area contributed by atoms with Crippen LogP contribution >= 0.6 is 0 Å². The Morgan fingerprint density at radius 2 is 2.03 bits per heavy atom. The Labute approximate surface area is 166 Å². The first-order valence-electron chi connectivity index (χ1n) is 9.05. The van der Waals surface area contributed by atoms with E-state index in [0.717, 1.165) is 33.4 Å². The second-order valence-corrected chi connectivity index (χ2v) is 6.62. The van der Waals surface area contributed by atoms with Crippen LogP contribution in [0.2, 0.25) is 0 Å². The van der Waals surface area contributed by atoms with Crippen molar-refractivity contribution in [2.45, 2.75) is 12.8 Å². The number of carbonyl (C=O) groups is 2. The van der Waals surface area contributed by atoms with Crippen molar-refractivity contribution in [3.63, 3.8) is 0 Å². The van der Waals surface area contributed by atoms with Gasteiger partial charge in [-0.25, -0.2) is 10.2 Å². The first-order valence-corrected chi connectivity index (χ1v) is 9.05. The number of carboxylic acid groups (broad SMARTS) is 1. The van der Waals surface area contributed by atoms with E-state index < -0.39 is 12.6 Å². The molecule has 0 radical (unpaired) electrons. The minimum Gasteiger partial charge on any atom is -0.496 e. The molecule has 0 saturated heterocycles. The monoisotopic (exact) mass is 393 g/mol. The summed E-state index contributed by atoms with van der Waals surface area (Å²) >= 11 is 0. The molecule has 1 aromatic heterocycles.